The molecule has 0 aromatic carbocycles. The van der Waals surface area contributed by atoms with Crippen LogP contribution in [0.5, 0.6) is 5.75 Å². The van der Waals surface area contributed by atoms with Gasteiger partial charge in [-0.3, -0.25) is 19.5 Å². The lowest BCUT2D eigenvalue weighted by Gasteiger charge is -2.26. The van der Waals surface area contributed by atoms with Crippen molar-refractivity contribution in [2.45, 2.75) is 32.5 Å². The average molecular weight is 437 g/mol. The number of furan rings is 1. The largest absolute Gasteiger partial charge is 0.496 e. The number of carbonyl (C=O) groups is 1. The Bertz CT molecular complexity index is 1120. The number of fused-ring (bicyclic) bond motifs is 1. The Morgan fingerprint density at radius 2 is 2.09 bits per heavy atom. The molecule has 0 fully saturated rings. The fourth-order valence-corrected chi connectivity index (χ4v) is 4.14. The second kappa shape index (κ2) is 9.40. The van der Waals surface area contributed by atoms with Gasteiger partial charge in [0.05, 0.1) is 25.1 Å². The van der Waals surface area contributed by atoms with Gasteiger partial charge in [-0.1, -0.05) is 6.07 Å². The van der Waals surface area contributed by atoms with Gasteiger partial charge in [0.1, 0.15) is 17.1 Å². The summed E-state index contributed by atoms with van der Waals surface area (Å²) < 4.78 is 12.7. The summed E-state index contributed by atoms with van der Waals surface area (Å²) in [7, 11) is 3.23. The van der Waals surface area contributed by atoms with E-state index < -0.39 is 0 Å². The van der Waals surface area contributed by atoms with Crippen molar-refractivity contribution in [3.63, 3.8) is 0 Å². The molecule has 0 radical (unpaired) electrons. The number of methoxy groups -OCH3 is 1. The fourth-order valence-electron chi connectivity index (χ4n) is 4.14. The predicted molar refractivity (Wildman–Crippen MR) is 120 cm³/mol. The maximum Gasteiger partial charge on any atom is 0.259 e. The van der Waals surface area contributed by atoms with Crippen molar-refractivity contribution in [1.82, 2.24) is 19.4 Å². The first-order valence-corrected chi connectivity index (χ1v) is 10.7. The summed E-state index contributed by atoms with van der Waals surface area (Å²) in [4.78, 5) is 34.7. The Labute approximate surface area is 187 Å². The van der Waals surface area contributed by atoms with Crippen molar-refractivity contribution in [3.05, 3.63) is 81.9 Å². The Balaban J connectivity index is 1.65. The van der Waals surface area contributed by atoms with E-state index in [2.05, 4.69) is 9.88 Å². The molecule has 0 saturated carbocycles. The molecular formula is C24H28N4O4. The summed E-state index contributed by atoms with van der Waals surface area (Å²) in [6, 6.07) is 10.7. The standard InChI is InChI=1S/C24H28N4O4/c1-17(20-8-6-14-32-20)26(2)24(30)23-19-9-11-27(16-18-7-4-5-10-25-18)12-13-28(19)22(29)15-21(23)31-3/h4-8,10,14-15,17H,9,11-13,16H2,1-3H3/t17-/m0/s1. The van der Waals surface area contributed by atoms with Gasteiger partial charge in [-0.15, -0.1) is 0 Å². The number of amides is 1. The van der Waals surface area contributed by atoms with Crippen LogP contribution in [-0.2, 0) is 19.5 Å². The van der Waals surface area contributed by atoms with Crippen molar-refractivity contribution < 1.29 is 13.9 Å². The smallest absolute Gasteiger partial charge is 0.259 e. The minimum absolute atomic E-state index is 0.158. The summed E-state index contributed by atoms with van der Waals surface area (Å²) in [6.45, 7) is 4.51. The molecule has 0 N–H and O–H groups in total. The number of pyridine rings is 2. The topological polar surface area (TPSA) is 80.8 Å². The van der Waals surface area contributed by atoms with E-state index in [-0.39, 0.29) is 17.5 Å². The van der Waals surface area contributed by atoms with Crippen molar-refractivity contribution in [2.75, 3.05) is 27.2 Å². The van der Waals surface area contributed by atoms with Crippen LogP contribution in [-0.4, -0.2) is 52.5 Å². The van der Waals surface area contributed by atoms with Gasteiger partial charge in [0, 0.05) is 57.6 Å². The molecular weight excluding hydrogens is 408 g/mol. The van der Waals surface area contributed by atoms with E-state index >= 15 is 0 Å². The maximum absolute atomic E-state index is 13.6. The van der Waals surface area contributed by atoms with Crippen molar-refractivity contribution >= 4 is 5.91 Å². The molecule has 1 aliphatic rings. The van der Waals surface area contributed by atoms with Gasteiger partial charge in [-0.25, -0.2) is 0 Å². The van der Waals surface area contributed by atoms with E-state index in [1.165, 1.54) is 13.2 Å². The summed E-state index contributed by atoms with van der Waals surface area (Å²) in [6.07, 6.45) is 3.93. The predicted octanol–water partition coefficient (Wildman–Crippen LogP) is 2.74. The third kappa shape index (κ3) is 4.31. The van der Waals surface area contributed by atoms with Crippen LogP contribution in [0.25, 0.3) is 0 Å². The normalized spacial score (nSPS) is 15.0. The Morgan fingerprint density at radius 1 is 1.25 bits per heavy atom. The zero-order valence-corrected chi connectivity index (χ0v) is 18.7. The zero-order chi connectivity index (χ0) is 22.7. The van der Waals surface area contributed by atoms with E-state index in [4.69, 9.17) is 9.15 Å². The quantitative estimate of drug-likeness (QED) is 0.591. The minimum Gasteiger partial charge on any atom is -0.496 e. The lowest BCUT2D eigenvalue weighted by molar-refractivity contribution is 0.0720. The van der Waals surface area contributed by atoms with Crippen LogP contribution in [0.4, 0.5) is 0 Å². The Kier molecular flexibility index (Phi) is 6.41. The molecule has 8 nitrogen and oxygen atoms in total. The highest BCUT2D eigenvalue weighted by Gasteiger charge is 2.29. The Hall–Kier alpha value is -3.39. The van der Waals surface area contributed by atoms with Crippen molar-refractivity contribution in [1.29, 1.82) is 0 Å². The highest BCUT2D eigenvalue weighted by atomic mass is 16.5. The minimum atomic E-state index is -0.263. The van der Waals surface area contributed by atoms with Crippen LogP contribution in [0.3, 0.4) is 0 Å². The summed E-state index contributed by atoms with van der Waals surface area (Å²) in [5.74, 6) is 0.802. The SMILES string of the molecule is COc1cc(=O)n2c(c1C(=O)N(C)[C@@H](C)c1ccco1)CCN(Cc1ccccn1)CC2. The molecule has 1 atom stereocenters. The van der Waals surface area contributed by atoms with Crippen molar-refractivity contribution in [2.24, 2.45) is 0 Å². The molecule has 0 aliphatic carbocycles. The van der Waals surface area contributed by atoms with E-state index in [0.717, 1.165) is 5.69 Å². The van der Waals surface area contributed by atoms with Gasteiger partial charge in [0.15, 0.2) is 0 Å². The molecule has 3 aromatic rings. The molecule has 1 aliphatic heterocycles. The number of hydrogen-bond acceptors (Lipinski definition) is 6. The van der Waals surface area contributed by atoms with Crippen LogP contribution in [0.2, 0.25) is 0 Å². The number of carbonyl (C=O) groups excluding carboxylic acids is 1. The Morgan fingerprint density at radius 3 is 2.78 bits per heavy atom. The molecule has 0 saturated heterocycles. The van der Waals surface area contributed by atoms with E-state index in [0.29, 0.717) is 55.4 Å². The first-order chi connectivity index (χ1) is 15.5. The third-order valence-corrected chi connectivity index (χ3v) is 6.09. The number of hydrogen-bond donors (Lipinski definition) is 0. The van der Waals surface area contributed by atoms with Crippen molar-refractivity contribution in [3.8, 4) is 5.75 Å². The highest BCUT2D eigenvalue weighted by molar-refractivity contribution is 5.98. The van der Waals surface area contributed by atoms with Crippen LogP contribution in [0.1, 0.15) is 40.5 Å². The third-order valence-electron chi connectivity index (χ3n) is 6.09. The van der Waals surface area contributed by atoms with Gasteiger partial charge in [0.2, 0.25) is 0 Å². The van der Waals surface area contributed by atoms with Crippen LogP contribution >= 0.6 is 0 Å². The molecule has 168 valence electrons. The molecule has 3 aromatic heterocycles. The maximum atomic E-state index is 13.6. The molecule has 32 heavy (non-hydrogen) atoms. The van der Waals surface area contributed by atoms with Gasteiger partial charge < -0.3 is 18.6 Å². The van der Waals surface area contributed by atoms with E-state index in [1.54, 1.807) is 35.0 Å². The van der Waals surface area contributed by atoms with Gasteiger partial charge in [-0.2, -0.15) is 0 Å². The molecule has 1 amide bonds. The van der Waals surface area contributed by atoms with Crippen LogP contribution in [0, 0.1) is 0 Å². The van der Waals surface area contributed by atoms with Gasteiger partial charge >= 0.3 is 0 Å². The first-order valence-electron chi connectivity index (χ1n) is 10.7. The number of rotatable bonds is 6. The first kappa shape index (κ1) is 21.8. The monoisotopic (exact) mass is 436 g/mol. The highest BCUT2D eigenvalue weighted by Crippen LogP contribution is 2.28. The molecule has 0 bridgehead atoms. The second-order valence-electron chi connectivity index (χ2n) is 7.98. The molecule has 0 unspecified atom stereocenters. The average Bonchev–Trinajstić information content (AvgIpc) is 3.27. The van der Waals surface area contributed by atoms with E-state index in [9.17, 15) is 9.59 Å². The molecule has 0 spiro atoms. The number of nitrogens with zero attached hydrogens (tertiary/aromatic N) is 4. The fraction of sp³-hybridized carbons (Fsp3) is 0.375. The summed E-state index contributed by atoms with van der Waals surface area (Å²) in [5, 5.41) is 0. The molecule has 4 heterocycles. The lowest BCUT2D eigenvalue weighted by atomic mass is 10.1. The molecule has 4 rings (SSSR count). The van der Waals surface area contributed by atoms with Gasteiger partial charge in [0.25, 0.3) is 11.5 Å². The summed E-state index contributed by atoms with van der Waals surface area (Å²) in [5.41, 5.74) is 1.97. The zero-order valence-electron chi connectivity index (χ0n) is 18.7. The summed E-state index contributed by atoms with van der Waals surface area (Å²) >= 11 is 0. The van der Waals surface area contributed by atoms with E-state index in [1.807, 2.05) is 31.2 Å². The van der Waals surface area contributed by atoms with Gasteiger partial charge in [-0.05, 0) is 31.2 Å². The number of ether oxygens (including phenoxy) is 1. The number of aromatic nitrogens is 2. The second-order valence-corrected chi connectivity index (χ2v) is 7.98. The van der Waals surface area contributed by atoms with Crippen LogP contribution < -0.4 is 10.3 Å². The molecule has 8 heteroatoms. The van der Waals surface area contributed by atoms with Crippen LogP contribution in [0.15, 0.2) is 58.1 Å². The lowest BCUT2D eigenvalue weighted by Crippen LogP contribution is -2.34.